The Morgan fingerprint density at radius 1 is 0.879 bits per heavy atom. The number of nitrogens with one attached hydrogen (secondary N) is 1. The van der Waals surface area contributed by atoms with Crippen molar-refractivity contribution in [3.05, 3.63) is 65.2 Å². The lowest BCUT2D eigenvalue weighted by Crippen LogP contribution is -2.51. The molecule has 1 saturated heterocycles. The summed E-state index contributed by atoms with van der Waals surface area (Å²) in [6, 6.07) is 11.5. The van der Waals surface area contributed by atoms with Crippen LogP contribution in [0.5, 0.6) is 0 Å². The van der Waals surface area contributed by atoms with Gasteiger partial charge in [0.25, 0.3) is 5.91 Å². The summed E-state index contributed by atoms with van der Waals surface area (Å²) in [6.07, 6.45) is -4.45. The third-order valence-electron chi connectivity index (χ3n) is 5.17. The van der Waals surface area contributed by atoms with Crippen molar-refractivity contribution >= 4 is 35.2 Å². The van der Waals surface area contributed by atoms with Crippen LogP contribution >= 0.6 is 11.8 Å². The first-order valence-electron chi connectivity index (χ1n) is 10.3. The molecule has 1 heterocycles. The molecule has 3 amide bonds. The quantitative estimate of drug-likeness (QED) is 0.687. The number of aryl methyl sites for hydroxylation is 1. The van der Waals surface area contributed by atoms with Crippen LogP contribution in [0.3, 0.4) is 0 Å². The number of hydrogen-bond donors (Lipinski definition) is 1. The molecule has 176 valence electrons. The molecule has 0 aromatic heterocycles. The Kier molecular flexibility index (Phi) is 8.01. The highest BCUT2D eigenvalue weighted by molar-refractivity contribution is 8.00. The predicted octanol–water partition coefficient (Wildman–Crippen LogP) is 3.67. The average Bonchev–Trinajstić information content (AvgIpc) is 2.79. The van der Waals surface area contributed by atoms with E-state index in [0.29, 0.717) is 31.9 Å². The van der Waals surface area contributed by atoms with Gasteiger partial charge in [0.15, 0.2) is 0 Å². The van der Waals surface area contributed by atoms with Crippen LogP contribution < -0.4 is 5.32 Å². The highest BCUT2D eigenvalue weighted by atomic mass is 32.2. The van der Waals surface area contributed by atoms with Gasteiger partial charge in [-0.15, -0.1) is 11.8 Å². The van der Waals surface area contributed by atoms with E-state index in [4.69, 9.17) is 0 Å². The third-order valence-corrected chi connectivity index (χ3v) is 6.09. The SMILES string of the molecule is Cc1ccc(NC(=O)CSCC(=O)N2CCN(C(=O)c3ccc(C(F)(F)F)cc3)CC2)cc1. The van der Waals surface area contributed by atoms with Gasteiger partial charge >= 0.3 is 6.18 Å². The predicted molar refractivity (Wildman–Crippen MR) is 121 cm³/mol. The summed E-state index contributed by atoms with van der Waals surface area (Å²) in [5.41, 5.74) is 1.16. The zero-order chi connectivity index (χ0) is 24.0. The Bertz CT molecular complexity index is 987. The molecule has 0 unspecified atom stereocenters. The number of alkyl halides is 3. The highest BCUT2D eigenvalue weighted by Gasteiger charge is 2.31. The number of anilines is 1. The van der Waals surface area contributed by atoms with E-state index in [1.165, 1.54) is 28.8 Å². The Morgan fingerprint density at radius 3 is 2.03 bits per heavy atom. The second-order valence-corrected chi connectivity index (χ2v) is 8.64. The minimum absolute atomic E-state index is 0.121. The van der Waals surface area contributed by atoms with Crippen LogP contribution in [0.15, 0.2) is 48.5 Å². The van der Waals surface area contributed by atoms with Crippen LogP contribution in [-0.2, 0) is 15.8 Å². The number of amides is 3. The molecule has 2 aromatic rings. The first-order chi connectivity index (χ1) is 15.6. The van der Waals surface area contributed by atoms with Gasteiger partial charge < -0.3 is 15.1 Å². The molecule has 33 heavy (non-hydrogen) atoms. The topological polar surface area (TPSA) is 69.7 Å². The second kappa shape index (κ2) is 10.7. The molecular formula is C23H24F3N3O3S. The largest absolute Gasteiger partial charge is 0.416 e. The Morgan fingerprint density at radius 2 is 1.45 bits per heavy atom. The molecule has 1 aliphatic rings. The normalized spacial score (nSPS) is 14.2. The molecule has 1 N–H and O–H groups in total. The number of benzene rings is 2. The Balaban J connectivity index is 1.40. The monoisotopic (exact) mass is 479 g/mol. The van der Waals surface area contributed by atoms with E-state index in [0.717, 1.165) is 17.7 Å². The molecule has 0 radical (unpaired) electrons. The second-order valence-electron chi connectivity index (χ2n) is 7.66. The summed E-state index contributed by atoms with van der Waals surface area (Å²) >= 11 is 1.22. The maximum absolute atomic E-state index is 12.7. The Labute approximate surface area is 194 Å². The van der Waals surface area contributed by atoms with E-state index in [1.54, 1.807) is 4.90 Å². The van der Waals surface area contributed by atoms with Gasteiger partial charge in [-0.1, -0.05) is 17.7 Å². The van der Waals surface area contributed by atoms with E-state index >= 15 is 0 Å². The van der Waals surface area contributed by atoms with Crippen LogP contribution in [0.4, 0.5) is 18.9 Å². The fourth-order valence-electron chi connectivity index (χ4n) is 3.30. The molecule has 0 atom stereocenters. The van der Waals surface area contributed by atoms with Gasteiger partial charge in [0, 0.05) is 37.4 Å². The standard InChI is InChI=1S/C23H24F3N3O3S/c1-16-2-8-19(9-3-16)27-20(30)14-33-15-21(31)28-10-12-29(13-11-28)22(32)17-4-6-18(7-5-17)23(24,25)26/h2-9H,10-15H2,1H3,(H,27,30). The van der Waals surface area contributed by atoms with Gasteiger partial charge in [-0.3, -0.25) is 14.4 Å². The fraction of sp³-hybridized carbons (Fsp3) is 0.348. The van der Waals surface area contributed by atoms with Crippen LogP contribution in [0.2, 0.25) is 0 Å². The van der Waals surface area contributed by atoms with Crippen LogP contribution in [0.1, 0.15) is 21.5 Å². The van der Waals surface area contributed by atoms with Gasteiger partial charge in [-0.25, -0.2) is 0 Å². The van der Waals surface area contributed by atoms with E-state index in [2.05, 4.69) is 5.32 Å². The van der Waals surface area contributed by atoms with Crippen molar-refractivity contribution in [2.75, 3.05) is 43.0 Å². The molecule has 3 rings (SSSR count). The van der Waals surface area contributed by atoms with Gasteiger partial charge in [0.2, 0.25) is 11.8 Å². The van der Waals surface area contributed by atoms with Crippen LogP contribution in [-0.4, -0.2) is 65.2 Å². The number of carbonyl (C=O) groups is 3. The van der Waals surface area contributed by atoms with Crippen molar-refractivity contribution in [3.63, 3.8) is 0 Å². The lowest BCUT2D eigenvalue weighted by atomic mass is 10.1. The Hall–Kier alpha value is -3.01. The minimum Gasteiger partial charge on any atom is -0.338 e. The number of hydrogen-bond acceptors (Lipinski definition) is 4. The molecule has 0 saturated carbocycles. The molecular weight excluding hydrogens is 455 g/mol. The molecule has 0 spiro atoms. The molecule has 0 bridgehead atoms. The number of thioether (sulfide) groups is 1. The van der Waals surface area contributed by atoms with Gasteiger partial charge in [0.05, 0.1) is 17.1 Å². The molecule has 2 aromatic carbocycles. The summed E-state index contributed by atoms with van der Waals surface area (Å²) in [5.74, 6) is -0.383. The number of nitrogens with zero attached hydrogens (tertiary/aromatic N) is 2. The molecule has 10 heteroatoms. The number of rotatable bonds is 6. The van der Waals surface area contributed by atoms with Gasteiger partial charge in [-0.05, 0) is 43.3 Å². The van der Waals surface area contributed by atoms with Crippen molar-refractivity contribution in [3.8, 4) is 0 Å². The van der Waals surface area contributed by atoms with Gasteiger partial charge in [-0.2, -0.15) is 13.2 Å². The van der Waals surface area contributed by atoms with Crippen molar-refractivity contribution in [1.82, 2.24) is 9.80 Å². The van der Waals surface area contributed by atoms with E-state index in [-0.39, 0.29) is 34.8 Å². The first kappa shape index (κ1) is 24.6. The summed E-state index contributed by atoms with van der Waals surface area (Å²) in [4.78, 5) is 40.1. The maximum atomic E-state index is 12.7. The lowest BCUT2D eigenvalue weighted by Gasteiger charge is -2.34. The first-order valence-corrected chi connectivity index (χ1v) is 11.5. The summed E-state index contributed by atoms with van der Waals surface area (Å²) in [7, 11) is 0. The highest BCUT2D eigenvalue weighted by Crippen LogP contribution is 2.29. The third kappa shape index (κ3) is 6.98. The van der Waals surface area contributed by atoms with Crippen molar-refractivity contribution < 1.29 is 27.6 Å². The van der Waals surface area contributed by atoms with Crippen LogP contribution in [0, 0.1) is 6.92 Å². The summed E-state index contributed by atoms with van der Waals surface area (Å²) in [5, 5.41) is 2.78. The van der Waals surface area contributed by atoms with Gasteiger partial charge in [0.1, 0.15) is 0 Å². The summed E-state index contributed by atoms with van der Waals surface area (Å²) < 4.78 is 38.0. The van der Waals surface area contributed by atoms with E-state index in [1.807, 2.05) is 31.2 Å². The maximum Gasteiger partial charge on any atom is 0.416 e. The minimum atomic E-state index is -4.45. The van der Waals surface area contributed by atoms with Crippen LogP contribution in [0.25, 0.3) is 0 Å². The van der Waals surface area contributed by atoms with Crippen molar-refractivity contribution in [1.29, 1.82) is 0 Å². The molecule has 1 aliphatic heterocycles. The van der Waals surface area contributed by atoms with Crippen molar-refractivity contribution in [2.45, 2.75) is 13.1 Å². The zero-order valence-corrected chi connectivity index (χ0v) is 18.8. The summed E-state index contributed by atoms with van der Waals surface area (Å²) in [6.45, 7) is 3.22. The lowest BCUT2D eigenvalue weighted by molar-refractivity contribution is -0.137. The van der Waals surface area contributed by atoms with Crippen molar-refractivity contribution in [2.24, 2.45) is 0 Å². The van der Waals surface area contributed by atoms with E-state index in [9.17, 15) is 27.6 Å². The fourth-order valence-corrected chi connectivity index (χ4v) is 4.02. The van der Waals surface area contributed by atoms with E-state index < -0.39 is 11.7 Å². The molecule has 1 fully saturated rings. The zero-order valence-electron chi connectivity index (χ0n) is 18.0. The number of halogens is 3. The number of piperazine rings is 1. The number of carbonyl (C=O) groups excluding carboxylic acids is 3. The molecule has 6 nitrogen and oxygen atoms in total. The molecule has 0 aliphatic carbocycles. The smallest absolute Gasteiger partial charge is 0.338 e. The average molecular weight is 480 g/mol.